The van der Waals surface area contributed by atoms with E-state index in [2.05, 4.69) is 5.32 Å². The van der Waals surface area contributed by atoms with Gasteiger partial charge in [0.2, 0.25) is 0 Å². The predicted molar refractivity (Wildman–Crippen MR) is 60.6 cm³/mol. The van der Waals surface area contributed by atoms with Crippen molar-refractivity contribution in [2.24, 2.45) is 0 Å². The average Bonchev–Trinajstić information content (AvgIpc) is 2.32. The third kappa shape index (κ3) is 2.08. The summed E-state index contributed by atoms with van der Waals surface area (Å²) in [6.07, 6.45) is -2.99. The van der Waals surface area contributed by atoms with Crippen molar-refractivity contribution in [3.05, 3.63) is 35.4 Å². The van der Waals surface area contributed by atoms with Gasteiger partial charge in [-0.15, -0.1) is 0 Å². The van der Waals surface area contributed by atoms with E-state index in [9.17, 15) is 17.6 Å². The number of halogens is 4. The van der Waals surface area contributed by atoms with Gasteiger partial charge in [0.1, 0.15) is 4.99 Å². The molecule has 1 aromatic rings. The first-order valence-corrected chi connectivity index (χ1v) is 5.49. The van der Waals surface area contributed by atoms with E-state index in [-0.39, 0.29) is 11.6 Å². The van der Waals surface area contributed by atoms with Crippen molar-refractivity contribution in [2.45, 2.75) is 12.0 Å². The van der Waals surface area contributed by atoms with E-state index < -0.39 is 35.8 Å². The molecule has 0 saturated carbocycles. The van der Waals surface area contributed by atoms with Crippen LogP contribution in [0.15, 0.2) is 18.2 Å². The SMILES string of the molecule is Fc1cccc(C2(C(F)F)COCC(=S)N2)c1F. The van der Waals surface area contributed by atoms with E-state index in [1.807, 2.05) is 0 Å². The lowest BCUT2D eigenvalue weighted by molar-refractivity contribution is -0.0323. The molecular weight excluding hydrogens is 270 g/mol. The van der Waals surface area contributed by atoms with Crippen molar-refractivity contribution >= 4 is 17.2 Å². The van der Waals surface area contributed by atoms with E-state index >= 15 is 0 Å². The zero-order chi connectivity index (χ0) is 13.3. The van der Waals surface area contributed by atoms with Crippen molar-refractivity contribution < 1.29 is 22.3 Å². The Morgan fingerprint density at radius 1 is 1.33 bits per heavy atom. The predicted octanol–water partition coefficient (Wildman–Crippen LogP) is 2.37. The minimum Gasteiger partial charge on any atom is -0.371 e. The number of nitrogens with one attached hydrogen (secondary N) is 1. The number of hydrogen-bond acceptors (Lipinski definition) is 2. The monoisotopic (exact) mass is 279 g/mol. The van der Waals surface area contributed by atoms with Crippen LogP contribution in [0.25, 0.3) is 0 Å². The third-order valence-electron chi connectivity index (χ3n) is 2.73. The molecule has 0 radical (unpaired) electrons. The van der Waals surface area contributed by atoms with Crippen LogP contribution < -0.4 is 5.32 Å². The van der Waals surface area contributed by atoms with Crippen LogP contribution in [0.5, 0.6) is 0 Å². The highest BCUT2D eigenvalue weighted by atomic mass is 32.1. The number of ether oxygens (including phenoxy) is 1. The molecule has 1 heterocycles. The van der Waals surface area contributed by atoms with Crippen LogP contribution in [-0.2, 0) is 10.3 Å². The van der Waals surface area contributed by atoms with Crippen molar-refractivity contribution in [2.75, 3.05) is 13.2 Å². The highest BCUT2D eigenvalue weighted by Crippen LogP contribution is 2.33. The summed E-state index contributed by atoms with van der Waals surface area (Å²) in [6, 6.07) is 3.12. The minimum absolute atomic E-state index is 0.0132. The Bertz CT molecular complexity index is 482. The van der Waals surface area contributed by atoms with E-state index in [1.165, 1.54) is 0 Å². The quantitative estimate of drug-likeness (QED) is 0.663. The fourth-order valence-corrected chi connectivity index (χ4v) is 2.12. The Balaban J connectivity index is 2.53. The van der Waals surface area contributed by atoms with Gasteiger partial charge in [-0.05, 0) is 6.07 Å². The summed E-state index contributed by atoms with van der Waals surface area (Å²) in [6.45, 7) is -0.494. The maximum absolute atomic E-state index is 13.7. The second kappa shape index (κ2) is 4.81. The first-order valence-electron chi connectivity index (χ1n) is 5.09. The Kier molecular flexibility index (Phi) is 3.54. The van der Waals surface area contributed by atoms with Gasteiger partial charge in [0.25, 0.3) is 6.43 Å². The normalized spacial score (nSPS) is 24.2. The highest BCUT2D eigenvalue weighted by Gasteiger charge is 2.47. The molecule has 0 bridgehead atoms. The number of benzene rings is 1. The molecule has 1 aliphatic rings. The third-order valence-corrected chi connectivity index (χ3v) is 2.95. The largest absolute Gasteiger partial charge is 0.371 e. The molecule has 2 nitrogen and oxygen atoms in total. The summed E-state index contributed by atoms with van der Waals surface area (Å²) < 4.78 is 58.3. The Morgan fingerprint density at radius 2 is 2.06 bits per heavy atom. The summed E-state index contributed by atoms with van der Waals surface area (Å²) in [5.74, 6) is -2.51. The van der Waals surface area contributed by atoms with Gasteiger partial charge in [-0.3, -0.25) is 0 Å². The minimum atomic E-state index is -2.99. The highest BCUT2D eigenvalue weighted by molar-refractivity contribution is 7.80. The van der Waals surface area contributed by atoms with E-state index in [4.69, 9.17) is 17.0 Å². The second-order valence-electron chi connectivity index (χ2n) is 3.91. The number of morpholine rings is 1. The fourth-order valence-electron chi connectivity index (χ4n) is 1.85. The molecule has 1 saturated heterocycles. The Hall–Kier alpha value is -1.21. The van der Waals surface area contributed by atoms with Crippen LogP contribution in [0.4, 0.5) is 17.6 Å². The molecule has 1 aliphatic heterocycles. The average molecular weight is 279 g/mol. The van der Waals surface area contributed by atoms with Crippen LogP contribution in [-0.4, -0.2) is 24.6 Å². The maximum atomic E-state index is 13.7. The number of alkyl halides is 2. The summed E-state index contributed by atoms with van der Waals surface area (Å²) in [4.78, 5) is 0.0326. The van der Waals surface area contributed by atoms with Gasteiger partial charge < -0.3 is 10.1 Å². The van der Waals surface area contributed by atoms with Crippen LogP contribution in [0.1, 0.15) is 5.56 Å². The first-order chi connectivity index (χ1) is 8.47. The van der Waals surface area contributed by atoms with Crippen molar-refractivity contribution in [1.82, 2.24) is 5.32 Å². The van der Waals surface area contributed by atoms with Gasteiger partial charge in [0, 0.05) is 5.56 Å². The van der Waals surface area contributed by atoms with E-state index in [0.717, 1.165) is 18.2 Å². The van der Waals surface area contributed by atoms with Crippen LogP contribution in [0.3, 0.4) is 0 Å². The van der Waals surface area contributed by atoms with E-state index in [0.29, 0.717) is 0 Å². The van der Waals surface area contributed by atoms with Crippen molar-refractivity contribution in [3.8, 4) is 0 Å². The van der Waals surface area contributed by atoms with Crippen molar-refractivity contribution in [1.29, 1.82) is 0 Å². The fraction of sp³-hybridized carbons (Fsp3) is 0.364. The summed E-state index contributed by atoms with van der Waals surface area (Å²) in [5, 5.41) is 2.36. The summed E-state index contributed by atoms with van der Waals surface area (Å²) in [7, 11) is 0. The summed E-state index contributed by atoms with van der Waals surface area (Å²) in [5.41, 5.74) is -2.62. The van der Waals surface area contributed by atoms with Gasteiger partial charge >= 0.3 is 0 Å². The molecule has 1 unspecified atom stereocenters. The Morgan fingerprint density at radius 3 is 2.67 bits per heavy atom. The van der Waals surface area contributed by atoms with Gasteiger partial charge in [-0.2, -0.15) is 0 Å². The molecule has 0 aliphatic carbocycles. The number of hydrogen-bond donors (Lipinski definition) is 1. The molecular formula is C11H9F4NOS. The lowest BCUT2D eigenvalue weighted by Crippen LogP contribution is -2.58. The summed E-state index contributed by atoms with van der Waals surface area (Å²) >= 11 is 4.76. The molecule has 1 fully saturated rings. The molecule has 1 N–H and O–H groups in total. The Labute approximate surface area is 106 Å². The van der Waals surface area contributed by atoms with Gasteiger partial charge in [0.05, 0.1) is 13.2 Å². The molecule has 0 spiro atoms. The second-order valence-corrected chi connectivity index (χ2v) is 4.41. The lowest BCUT2D eigenvalue weighted by Gasteiger charge is -2.38. The molecule has 98 valence electrons. The molecule has 7 heteroatoms. The molecule has 0 aromatic heterocycles. The molecule has 0 amide bonds. The lowest BCUT2D eigenvalue weighted by atomic mass is 9.89. The molecule has 1 aromatic carbocycles. The van der Waals surface area contributed by atoms with Gasteiger partial charge in [-0.1, -0.05) is 24.4 Å². The van der Waals surface area contributed by atoms with Crippen LogP contribution >= 0.6 is 12.2 Å². The first kappa shape index (κ1) is 13.2. The standard InChI is InChI=1S/C11H9F4NOS/c12-7-3-1-2-6(9(7)13)11(10(14)15)5-17-4-8(18)16-11/h1-3,10H,4-5H2,(H,16,18). The topological polar surface area (TPSA) is 21.3 Å². The van der Waals surface area contributed by atoms with Crippen LogP contribution in [0.2, 0.25) is 0 Å². The smallest absolute Gasteiger partial charge is 0.267 e. The zero-order valence-electron chi connectivity index (χ0n) is 9.05. The van der Waals surface area contributed by atoms with Crippen molar-refractivity contribution in [3.63, 3.8) is 0 Å². The number of rotatable bonds is 2. The van der Waals surface area contributed by atoms with Gasteiger partial charge in [-0.25, -0.2) is 17.6 Å². The molecule has 18 heavy (non-hydrogen) atoms. The number of thiocarbonyl (C=S) groups is 1. The van der Waals surface area contributed by atoms with Crippen LogP contribution in [0, 0.1) is 11.6 Å². The zero-order valence-corrected chi connectivity index (χ0v) is 9.87. The molecule has 1 atom stereocenters. The van der Waals surface area contributed by atoms with Gasteiger partial charge in [0.15, 0.2) is 17.2 Å². The molecule has 2 rings (SSSR count). The van der Waals surface area contributed by atoms with E-state index in [1.54, 1.807) is 0 Å². The maximum Gasteiger partial charge on any atom is 0.267 e.